The van der Waals surface area contributed by atoms with Crippen LogP contribution < -0.4 is 11.1 Å². The van der Waals surface area contributed by atoms with Crippen LogP contribution in [0, 0.1) is 12.3 Å². The highest BCUT2D eigenvalue weighted by Gasteiger charge is 2.39. The number of nitrogens with zero attached hydrogens (tertiary/aromatic N) is 2. The third-order valence-corrected chi connectivity index (χ3v) is 4.55. The van der Waals surface area contributed by atoms with Crippen molar-refractivity contribution < 1.29 is 4.79 Å². The van der Waals surface area contributed by atoms with Gasteiger partial charge in [0, 0.05) is 32.2 Å². The molecule has 0 spiro atoms. The molecule has 1 heterocycles. The largest absolute Gasteiger partial charge is 0.348 e. The van der Waals surface area contributed by atoms with Gasteiger partial charge in [-0.15, -0.1) is 12.3 Å². The molecule has 128 valence electrons. The van der Waals surface area contributed by atoms with Crippen LogP contribution in [0.5, 0.6) is 0 Å². The molecule has 0 radical (unpaired) electrons. The van der Waals surface area contributed by atoms with Gasteiger partial charge in [0.25, 0.3) is 0 Å². The SMILES string of the molecule is C#CCCC1(CCC(=O)NC(CN)c2ccc3ccccc3c2)N=N1. The Labute approximate surface area is 147 Å². The Bertz CT molecular complexity index is 831. The van der Waals surface area contributed by atoms with Crippen molar-refractivity contribution in [3.8, 4) is 12.3 Å². The third-order valence-electron chi connectivity index (χ3n) is 4.55. The molecule has 25 heavy (non-hydrogen) atoms. The summed E-state index contributed by atoms with van der Waals surface area (Å²) in [7, 11) is 0. The molecule has 1 aliphatic heterocycles. The van der Waals surface area contributed by atoms with Gasteiger partial charge in [0.05, 0.1) is 6.04 Å². The minimum atomic E-state index is -0.426. The molecule has 5 heteroatoms. The topological polar surface area (TPSA) is 79.8 Å². The fourth-order valence-electron chi connectivity index (χ4n) is 2.95. The van der Waals surface area contributed by atoms with E-state index in [0.29, 0.717) is 32.2 Å². The summed E-state index contributed by atoms with van der Waals surface area (Å²) in [6.45, 7) is 0.348. The maximum Gasteiger partial charge on any atom is 0.220 e. The zero-order chi connectivity index (χ0) is 17.7. The van der Waals surface area contributed by atoms with E-state index in [0.717, 1.165) is 10.9 Å². The van der Waals surface area contributed by atoms with E-state index in [1.165, 1.54) is 5.39 Å². The monoisotopic (exact) mass is 334 g/mol. The highest BCUT2D eigenvalue weighted by molar-refractivity contribution is 5.83. The lowest BCUT2D eigenvalue weighted by Gasteiger charge is -2.18. The van der Waals surface area contributed by atoms with Crippen molar-refractivity contribution in [3.05, 3.63) is 48.0 Å². The highest BCUT2D eigenvalue weighted by atomic mass is 16.1. The first-order valence-corrected chi connectivity index (χ1v) is 8.51. The standard InChI is InChI=1S/C20H22N4O/c1-2-3-11-20(23-24-20)12-10-19(25)22-18(14-21)17-9-8-15-6-4-5-7-16(15)13-17/h1,4-9,13,18H,3,10-12,14,21H2,(H,22,25). The lowest BCUT2D eigenvalue weighted by atomic mass is 10.00. The van der Waals surface area contributed by atoms with Crippen molar-refractivity contribution in [2.45, 2.75) is 37.4 Å². The Hall–Kier alpha value is -2.71. The van der Waals surface area contributed by atoms with Crippen LogP contribution in [0.3, 0.4) is 0 Å². The van der Waals surface area contributed by atoms with E-state index in [9.17, 15) is 4.79 Å². The summed E-state index contributed by atoms with van der Waals surface area (Å²) in [5.41, 5.74) is 6.47. The maximum atomic E-state index is 12.3. The average Bonchev–Trinajstić information content (AvgIpc) is 3.43. The van der Waals surface area contributed by atoms with Crippen LogP contribution in [-0.4, -0.2) is 18.1 Å². The Kier molecular flexibility index (Phi) is 5.11. The molecule has 0 aliphatic carbocycles. The predicted octanol–water partition coefficient (Wildman–Crippen LogP) is 3.31. The first kappa shape index (κ1) is 17.1. The van der Waals surface area contributed by atoms with Crippen molar-refractivity contribution >= 4 is 16.7 Å². The summed E-state index contributed by atoms with van der Waals surface area (Å²) in [6.07, 6.45) is 7.57. The first-order chi connectivity index (χ1) is 12.2. The van der Waals surface area contributed by atoms with Crippen molar-refractivity contribution in [2.24, 2.45) is 16.0 Å². The molecular formula is C20H22N4O. The minimum absolute atomic E-state index is 0.0407. The van der Waals surface area contributed by atoms with Crippen LogP contribution in [0.1, 0.15) is 37.3 Å². The van der Waals surface area contributed by atoms with Gasteiger partial charge in [0.15, 0.2) is 5.66 Å². The molecule has 1 amide bonds. The van der Waals surface area contributed by atoms with Crippen molar-refractivity contribution in [3.63, 3.8) is 0 Å². The van der Waals surface area contributed by atoms with E-state index in [1.54, 1.807) is 0 Å². The number of carbonyl (C=O) groups excluding carboxylic acids is 1. The number of hydrogen-bond acceptors (Lipinski definition) is 4. The van der Waals surface area contributed by atoms with E-state index in [2.05, 4.69) is 45.7 Å². The molecule has 0 fully saturated rings. The van der Waals surface area contributed by atoms with Gasteiger partial charge in [-0.05, 0) is 22.4 Å². The second kappa shape index (κ2) is 7.45. The zero-order valence-corrected chi connectivity index (χ0v) is 14.1. The summed E-state index contributed by atoms with van der Waals surface area (Å²) in [4.78, 5) is 12.3. The molecule has 3 rings (SSSR count). The molecule has 0 saturated carbocycles. The van der Waals surface area contributed by atoms with Gasteiger partial charge < -0.3 is 11.1 Å². The Morgan fingerprint density at radius 3 is 2.64 bits per heavy atom. The normalized spacial score (nSPS) is 15.5. The second-order valence-electron chi connectivity index (χ2n) is 6.35. The predicted molar refractivity (Wildman–Crippen MR) is 98.8 cm³/mol. The van der Waals surface area contributed by atoms with Gasteiger partial charge in [0.1, 0.15) is 0 Å². The molecule has 2 aromatic carbocycles. The van der Waals surface area contributed by atoms with Crippen LogP contribution >= 0.6 is 0 Å². The Morgan fingerprint density at radius 1 is 1.20 bits per heavy atom. The molecular weight excluding hydrogens is 312 g/mol. The quantitative estimate of drug-likeness (QED) is 0.726. The van der Waals surface area contributed by atoms with E-state index in [1.807, 2.05) is 18.2 Å². The zero-order valence-electron chi connectivity index (χ0n) is 14.1. The van der Waals surface area contributed by atoms with Gasteiger partial charge >= 0.3 is 0 Å². The maximum absolute atomic E-state index is 12.3. The number of terminal acetylenes is 1. The Morgan fingerprint density at radius 2 is 1.96 bits per heavy atom. The van der Waals surface area contributed by atoms with Crippen LogP contribution in [0.25, 0.3) is 10.8 Å². The molecule has 3 N–H and O–H groups in total. The molecule has 5 nitrogen and oxygen atoms in total. The summed E-state index contributed by atoms with van der Waals surface area (Å²) in [5, 5.41) is 13.4. The fraction of sp³-hybridized carbons (Fsp3) is 0.350. The van der Waals surface area contributed by atoms with Gasteiger partial charge in [-0.2, -0.15) is 10.2 Å². The lowest BCUT2D eigenvalue weighted by molar-refractivity contribution is -0.122. The van der Waals surface area contributed by atoms with Gasteiger partial charge in [-0.3, -0.25) is 4.79 Å². The first-order valence-electron chi connectivity index (χ1n) is 8.51. The van der Waals surface area contributed by atoms with Gasteiger partial charge in [-0.25, -0.2) is 0 Å². The molecule has 0 saturated heterocycles. The smallest absolute Gasteiger partial charge is 0.220 e. The van der Waals surface area contributed by atoms with E-state index >= 15 is 0 Å². The van der Waals surface area contributed by atoms with Gasteiger partial charge in [0.2, 0.25) is 5.91 Å². The van der Waals surface area contributed by atoms with E-state index in [-0.39, 0.29) is 11.9 Å². The van der Waals surface area contributed by atoms with Crippen molar-refractivity contribution in [2.75, 3.05) is 6.54 Å². The molecule has 0 aromatic heterocycles. The lowest BCUT2D eigenvalue weighted by Crippen LogP contribution is -2.34. The number of hydrogen-bond donors (Lipinski definition) is 2. The van der Waals surface area contributed by atoms with Crippen LogP contribution in [0.15, 0.2) is 52.7 Å². The number of rotatable bonds is 8. The van der Waals surface area contributed by atoms with Crippen molar-refractivity contribution in [1.29, 1.82) is 0 Å². The van der Waals surface area contributed by atoms with Crippen LogP contribution in [0.4, 0.5) is 0 Å². The van der Waals surface area contributed by atoms with E-state index < -0.39 is 5.66 Å². The summed E-state index contributed by atoms with van der Waals surface area (Å²) in [5.74, 6) is 2.55. The molecule has 2 aromatic rings. The van der Waals surface area contributed by atoms with Crippen LogP contribution in [-0.2, 0) is 4.79 Å². The number of nitrogens with two attached hydrogens (primary N) is 1. The molecule has 1 aliphatic rings. The number of amides is 1. The average molecular weight is 334 g/mol. The van der Waals surface area contributed by atoms with Crippen LogP contribution in [0.2, 0.25) is 0 Å². The highest BCUT2D eigenvalue weighted by Crippen LogP contribution is 2.37. The summed E-state index contributed by atoms with van der Waals surface area (Å²) >= 11 is 0. The fourth-order valence-corrected chi connectivity index (χ4v) is 2.95. The molecule has 1 atom stereocenters. The number of benzene rings is 2. The number of nitrogens with one attached hydrogen (secondary N) is 1. The Balaban J connectivity index is 1.59. The van der Waals surface area contributed by atoms with E-state index in [4.69, 9.17) is 12.2 Å². The summed E-state index contributed by atoms with van der Waals surface area (Å²) < 4.78 is 0. The van der Waals surface area contributed by atoms with Crippen molar-refractivity contribution in [1.82, 2.24) is 5.32 Å². The summed E-state index contributed by atoms with van der Waals surface area (Å²) in [6, 6.07) is 14.1. The molecule has 1 unspecified atom stereocenters. The minimum Gasteiger partial charge on any atom is -0.348 e. The van der Waals surface area contributed by atoms with Gasteiger partial charge in [-0.1, -0.05) is 36.4 Å². The molecule has 0 bridgehead atoms. The number of carbonyl (C=O) groups is 1. The number of fused-ring (bicyclic) bond motifs is 1. The second-order valence-corrected chi connectivity index (χ2v) is 6.35. The third kappa shape index (κ3) is 4.23.